The molecule has 15 heteroatoms. The summed E-state index contributed by atoms with van der Waals surface area (Å²) in [5.41, 5.74) is 5.09. The second kappa shape index (κ2) is 18.0. The molecule has 1 aromatic heterocycles. The minimum Gasteiger partial charge on any atom is -0.454 e. The zero-order valence-electron chi connectivity index (χ0n) is 32.6. The van der Waals surface area contributed by atoms with Crippen LogP contribution in [0.5, 0.6) is 17.2 Å². The van der Waals surface area contributed by atoms with E-state index in [1.54, 1.807) is 12.1 Å². The summed E-state index contributed by atoms with van der Waals surface area (Å²) in [5, 5.41) is 12.5. The maximum Gasteiger partial charge on any atom is 0.573 e. The molecule has 59 heavy (non-hydrogen) atoms. The Hall–Kier alpha value is -4.50. The molecule has 4 aromatic carbocycles. The molecule has 0 unspecified atom stereocenters. The Morgan fingerprint density at radius 1 is 0.847 bits per heavy atom. The number of ether oxygens (including phenoxy) is 3. The van der Waals surface area contributed by atoms with Gasteiger partial charge in [-0.1, -0.05) is 53.5 Å². The molecule has 4 heterocycles. The van der Waals surface area contributed by atoms with Gasteiger partial charge in [-0.3, -0.25) is 19.9 Å². The number of halogens is 5. The molecule has 3 aliphatic heterocycles. The van der Waals surface area contributed by atoms with E-state index in [1.807, 2.05) is 36.4 Å². The van der Waals surface area contributed by atoms with Gasteiger partial charge in [0.1, 0.15) is 11.3 Å². The van der Waals surface area contributed by atoms with Gasteiger partial charge in [-0.25, -0.2) is 0 Å². The fourth-order valence-electron chi connectivity index (χ4n) is 8.24. The first-order valence-corrected chi connectivity index (χ1v) is 20.8. The Balaban J connectivity index is 0.937. The maximum absolute atomic E-state index is 13.8. The third kappa shape index (κ3) is 9.94. The standard InChI is InChI=1S/C44H47Cl2F3N6O4/c45-37-3-1-4-38(46)36(37)27-54-21-19-53(20-22-54)26-31-5-11-39-34(23-31)35(32-7-9-33(10-8-32)59-44(47,48)49)28-55(39)18-2-15-51-42(56)43(13-16-50-17-14-43)52-25-30-6-12-40-41(24-30)58-29-57-40/h1,3-12,23-24,28,50,52H,2,13-22,25-27,29H2,(H,51,56). The van der Waals surface area contributed by atoms with E-state index in [1.165, 1.54) is 12.1 Å². The molecule has 2 saturated heterocycles. The number of nitrogens with zero attached hydrogens (tertiary/aromatic N) is 3. The quantitative estimate of drug-likeness (QED) is 0.0971. The first-order valence-electron chi connectivity index (χ1n) is 20.0. The molecule has 2 fully saturated rings. The Labute approximate surface area is 351 Å². The molecule has 0 aliphatic carbocycles. The van der Waals surface area contributed by atoms with E-state index in [0.29, 0.717) is 61.2 Å². The smallest absolute Gasteiger partial charge is 0.454 e. The predicted octanol–water partition coefficient (Wildman–Crippen LogP) is 7.98. The molecule has 312 valence electrons. The van der Waals surface area contributed by atoms with Gasteiger partial charge in [-0.2, -0.15) is 0 Å². The van der Waals surface area contributed by atoms with Crippen molar-refractivity contribution in [2.75, 3.05) is 52.6 Å². The molecule has 8 rings (SSSR count). The number of alkyl halides is 3. The molecule has 0 atom stereocenters. The molecular formula is C44H47Cl2F3N6O4. The van der Waals surface area contributed by atoms with E-state index in [9.17, 15) is 18.0 Å². The van der Waals surface area contributed by atoms with Gasteiger partial charge in [0.25, 0.3) is 0 Å². The van der Waals surface area contributed by atoms with E-state index in [0.717, 1.165) is 90.3 Å². The Bertz CT molecular complexity index is 2240. The molecule has 5 aromatic rings. The van der Waals surface area contributed by atoms with Crippen molar-refractivity contribution in [1.82, 2.24) is 30.3 Å². The fraction of sp³-hybridized carbons (Fsp3) is 0.386. The topological polar surface area (TPSA) is 92.3 Å². The minimum absolute atomic E-state index is 0.0166. The molecule has 0 saturated carbocycles. The summed E-state index contributed by atoms with van der Waals surface area (Å²) in [6.07, 6.45) is -0.717. The monoisotopic (exact) mass is 850 g/mol. The highest BCUT2D eigenvalue weighted by atomic mass is 35.5. The van der Waals surface area contributed by atoms with Gasteiger partial charge in [-0.15, -0.1) is 13.2 Å². The van der Waals surface area contributed by atoms with Crippen molar-refractivity contribution in [3.63, 3.8) is 0 Å². The van der Waals surface area contributed by atoms with E-state index < -0.39 is 11.9 Å². The summed E-state index contributed by atoms with van der Waals surface area (Å²) in [4.78, 5) is 18.6. The Kier molecular flexibility index (Phi) is 12.6. The van der Waals surface area contributed by atoms with Crippen LogP contribution in [0.3, 0.4) is 0 Å². The maximum atomic E-state index is 13.8. The van der Waals surface area contributed by atoms with Crippen molar-refractivity contribution in [2.45, 2.75) is 57.3 Å². The number of carbonyl (C=O) groups excluding carboxylic acids is 1. The molecule has 0 radical (unpaired) electrons. The number of nitrogens with one attached hydrogen (secondary N) is 3. The molecule has 3 N–H and O–H groups in total. The number of benzene rings is 4. The zero-order chi connectivity index (χ0) is 41.0. The van der Waals surface area contributed by atoms with Crippen molar-refractivity contribution in [3.8, 4) is 28.4 Å². The summed E-state index contributed by atoms with van der Waals surface area (Å²) in [5.74, 6) is 1.15. The zero-order valence-corrected chi connectivity index (χ0v) is 34.1. The normalized spacial score (nSPS) is 17.0. The van der Waals surface area contributed by atoms with Crippen LogP contribution < -0.4 is 30.2 Å². The van der Waals surface area contributed by atoms with Gasteiger partial charge in [0, 0.05) is 97.2 Å². The van der Waals surface area contributed by atoms with Gasteiger partial charge < -0.3 is 29.4 Å². The number of piperazine rings is 1. The van der Waals surface area contributed by atoms with Gasteiger partial charge >= 0.3 is 6.36 Å². The minimum atomic E-state index is -4.77. The number of piperidine rings is 1. The number of fused-ring (bicyclic) bond motifs is 2. The first kappa shape index (κ1) is 41.2. The summed E-state index contributed by atoms with van der Waals surface area (Å²) in [6, 6.07) is 23.9. The summed E-state index contributed by atoms with van der Waals surface area (Å²) in [6.45, 7) is 8.27. The number of hydrogen-bond donors (Lipinski definition) is 3. The molecule has 10 nitrogen and oxygen atoms in total. The molecule has 3 aliphatic rings. The number of aromatic nitrogens is 1. The highest BCUT2D eigenvalue weighted by molar-refractivity contribution is 6.36. The fourth-order valence-corrected chi connectivity index (χ4v) is 8.76. The molecule has 0 bridgehead atoms. The van der Waals surface area contributed by atoms with Crippen molar-refractivity contribution >= 4 is 40.0 Å². The van der Waals surface area contributed by atoms with Crippen LogP contribution in [0.15, 0.2) is 85.1 Å². The predicted molar refractivity (Wildman–Crippen MR) is 223 cm³/mol. The number of carbonyl (C=O) groups is 1. The van der Waals surface area contributed by atoms with E-state index in [-0.39, 0.29) is 18.4 Å². The Morgan fingerprint density at radius 2 is 1.54 bits per heavy atom. The third-order valence-electron chi connectivity index (χ3n) is 11.5. The molecule has 0 spiro atoms. The van der Waals surface area contributed by atoms with E-state index in [2.05, 4.69) is 59.5 Å². The van der Waals surface area contributed by atoms with Crippen LogP contribution >= 0.6 is 23.2 Å². The van der Waals surface area contributed by atoms with Crippen LogP contribution in [0.2, 0.25) is 10.0 Å². The van der Waals surface area contributed by atoms with Crippen molar-refractivity contribution < 1.29 is 32.2 Å². The van der Waals surface area contributed by atoms with Gasteiger partial charge in [-0.05, 0) is 97.6 Å². The largest absolute Gasteiger partial charge is 0.573 e. The lowest BCUT2D eigenvalue weighted by Gasteiger charge is -2.37. The SMILES string of the molecule is O=C(NCCCn1cc(-c2ccc(OC(F)(F)F)cc2)c2cc(CN3CCN(Cc4c(Cl)cccc4Cl)CC3)ccc21)C1(NCc2ccc3c(c2)OCO3)CCNCC1. The van der Waals surface area contributed by atoms with Crippen molar-refractivity contribution in [1.29, 1.82) is 0 Å². The van der Waals surface area contributed by atoms with Gasteiger partial charge in [0.15, 0.2) is 11.5 Å². The highest BCUT2D eigenvalue weighted by Crippen LogP contribution is 2.35. The average molecular weight is 852 g/mol. The lowest BCUT2D eigenvalue weighted by molar-refractivity contribution is -0.274. The first-order chi connectivity index (χ1) is 28.5. The van der Waals surface area contributed by atoms with E-state index >= 15 is 0 Å². The van der Waals surface area contributed by atoms with Gasteiger partial charge in [0.2, 0.25) is 12.7 Å². The molecule has 1 amide bonds. The summed E-state index contributed by atoms with van der Waals surface area (Å²) >= 11 is 12.9. The second-order valence-corrected chi connectivity index (χ2v) is 16.2. The van der Waals surface area contributed by atoms with Gasteiger partial charge in [0.05, 0.1) is 0 Å². The molecular weight excluding hydrogens is 804 g/mol. The second-order valence-electron chi connectivity index (χ2n) is 15.4. The van der Waals surface area contributed by atoms with Crippen LogP contribution in [-0.2, 0) is 31.0 Å². The lowest BCUT2D eigenvalue weighted by atomic mass is 9.87. The average Bonchev–Trinajstić information content (AvgIpc) is 3.85. The highest BCUT2D eigenvalue weighted by Gasteiger charge is 2.39. The van der Waals surface area contributed by atoms with Crippen LogP contribution in [0.25, 0.3) is 22.0 Å². The third-order valence-corrected chi connectivity index (χ3v) is 12.2. The van der Waals surface area contributed by atoms with Crippen LogP contribution in [0.4, 0.5) is 13.2 Å². The van der Waals surface area contributed by atoms with Crippen molar-refractivity contribution in [2.24, 2.45) is 0 Å². The summed E-state index contributed by atoms with van der Waals surface area (Å²) in [7, 11) is 0. The summed E-state index contributed by atoms with van der Waals surface area (Å²) < 4.78 is 56.2. The van der Waals surface area contributed by atoms with Crippen molar-refractivity contribution in [3.05, 3.63) is 112 Å². The number of rotatable bonds is 14. The number of hydrogen-bond acceptors (Lipinski definition) is 8. The van der Waals surface area contributed by atoms with E-state index in [4.69, 9.17) is 32.7 Å². The lowest BCUT2D eigenvalue weighted by Crippen LogP contribution is -2.61. The number of amides is 1. The van der Waals surface area contributed by atoms with Crippen LogP contribution in [0, 0.1) is 0 Å². The number of aryl methyl sites for hydroxylation is 1. The van der Waals surface area contributed by atoms with Crippen LogP contribution in [-0.4, -0.2) is 84.8 Å². The van der Waals surface area contributed by atoms with Crippen LogP contribution in [0.1, 0.15) is 36.0 Å². The Morgan fingerprint density at radius 3 is 2.27 bits per heavy atom.